The molecule has 3 aliphatic heterocycles. The van der Waals surface area contributed by atoms with E-state index in [9.17, 15) is 24.3 Å². The number of carbonyl (C=O) groups excluding carboxylic acids is 4. The van der Waals surface area contributed by atoms with Crippen LogP contribution in [0, 0.1) is 11.8 Å². The highest BCUT2D eigenvalue weighted by molar-refractivity contribution is 5.98. The number of fused-ring (bicyclic) bond motifs is 1. The van der Waals surface area contributed by atoms with Crippen molar-refractivity contribution in [3.05, 3.63) is 61.2 Å². The zero-order valence-corrected chi connectivity index (χ0v) is 27.8. The van der Waals surface area contributed by atoms with Crippen LogP contribution in [0.4, 0.5) is 0 Å². The second-order valence-corrected chi connectivity index (χ2v) is 12.9. The number of likely N-dealkylation sites (tertiary alicyclic amines) is 1. The number of aliphatic hydroxyl groups is 1. The molecule has 3 aliphatic rings. The number of hydrogen-bond acceptors (Lipinski definition) is 7. The van der Waals surface area contributed by atoms with Crippen molar-refractivity contribution in [2.75, 3.05) is 26.7 Å². The molecule has 3 fully saturated rings. The Morgan fingerprint density at radius 1 is 1.20 bits per heavy atom. The van der Waals surface area contributed by atoms with Crippen LogP contribution in [0.15, 0.2) is 55.6 Å². The Morgan fingerprint density at radius 3 is 2.54 bits per heavy atom. The SMILES string of the molecule is C=CCCC(=O)N(C)[C@@H](C)[C@@H](OC(=O)[C@@H]1[C@H]2C(=O)N(CCCO)[C@H](C(=O)N(CC=C)C(C)CCC)[C@]23CC[C@H]1O3)c1ccccc1. The number of hydrogen-bond donors (Lipinski definition) is 1. The third-order valence-electron chi connectivity index (χ3n) is 10.1. The van der Waals surface area contributed by atoms with E-state index in [1.807, 2.05) is 44.2 Å². The Kier molecular flexibility index (Phi) is 11.8. The lowest BCUT2D eigenvalue weighted by Gasteiger charge is -2.39. The van der Waals surface area contributed by atoms with E-state index in [0.29, 0.717) is 32.2 Å². The van der Waals surface area contributed by atoms with Gasteiger partial charge in [0.2, 0.25) is 17.7 Å². The second kappa shape index (κ2) is 15.4. The maximum absolute atomic E-state index is 14.4. The highest BCUT2D eigenvalue weighted by atomic mass is 16.6. The van der Waals surface area contributed by atoms with Crippen molar-refractivity contribution in [1.29, 1.82) is 0 Å². The Balaban J connectivity index is 1.67. The molecule has 1 spiro atoms. The molecule has 0 aromatic heterocycles. The molecule has 3 heterocycles. The summed E-state index contributed by atoms with van der Waals surface area (Å²) in [6.07, 6.45) is 5.78. The predicted molar refractivity (Wildman–Crippen MR) is 174 cm³/mol. The number of ether oxygens (including phenoxy) is 2. The lowest BCUT2D eigenvalue weighted by molar-refractivity contribution is -0.164. The first-order valence-electron chi connectivity index (χ1n) is 16.7. The number of likely N-dealkylation sites (N-methyl/N-ethyl adjacent to an activating group) is 1. The van der Waals surface area contributed by atoms with Gasteiger partial charge in [-0.25, -0.2) is 0 Å². The lowest BCUT2D eigenvalue weighted by atomic mass is 9.70. The van der Waals surface area contributed by atoms with Crippen LogP contribution < -0.4 is 0 Å². The van der Waals surface area contributed by atoms with Crippen LogP contribution >= 0.6 is 0 Å². The highest BCUT2D eigenvalue weighted by Gasteiger charge is 2.75. The molecule has 1 N–H and O–H groups in total. The second-order valence-electron chi connectivity index (χ2n) is 12.9. The minimum Gasteiger partial charge on any atom is -0.455 e. The molecular weight excluding hydrogens is 586 g/mol. The Bertz CT molecular complexity index is 1270. The standard InChI is InChI=1S/C36H51N3O7/c1-7-10-18-28(41)37(6)25(5)31(26-16-12-11-13-17-26)45-35(44)29-27-19-20-36(46-27)30(29)33(42)39(22-14-23-40)32(36)34(43)38(21-9-3)24(4)15-8-2/h7,9,11-13,16-17,24-25,27,29-32,40H,1,3,8,10,14-15,18-23H2,2,4-6H3/t24?,25-,27+,29-,30-,31+,32+,36-/m0/s1. The van der Waals surface area contributed by atoms with Crippen LogP contribution in [0.3, 0.4) is 0 Å². The van der Waals surface area contributed by atoms with E-state index >= 15 is 0 Å². The molecule has 1 aromatic carbocycles. The van der Waals surface area contributed by atoms with Crippen molar-refractivity contribution in [2.24, 2.45) is 11.8 Å². The van der Waals surface area contributed by atoms with E-state index in [2.05, 4.69) is 20.1 Å². The molecule has 1 aromatic rings. The topological polar surface area (TPSA) is 117 Å². The molecule has 4 rings (SSSR count). The highest BCUT2D eigenvalue weighted by Crippen LogP contribution is 2.59. The van der Waals surface area contributed by atoms with Crippen molar-refractivity contribution in [3.8, 4) is 0 Å². The number of allylic oxidation sites excluding steroid dienone is 1. The third-order valence-corrected chi connectivity index (χ3v) is 10.1. The van der Waals surface area contributed by atoms with Gasteiger partial charge in [0.25, 0.3) is 0 Å². The fourth-order valence-corrected chi connectivity index (χ4v) is 7.66. The summed E-state index contributed by atoms with van der Waals surface area (Å²) in [5.74, 6) is -3.01. The van der Waals surface area contributed by atoms with Crippen LogP contribution in [0.25, 0.3) is 0 Å². The van der Waals surface area contributed by atoms with Gasteiger partial charge in [0.15, 0.2) is 0 Å². The lowest BCUT2D eigenvalue weighted by Crippen LogP contribution is -2.58. The molecule has 10 nitrogen and oxygen atoms in total. The van der Waals surface area contributed by atoms with Gasteiger partial charge in [-0.1, -0.05) is 55.8 Å². The van der Waals surface area contributed by atoms with Crippen molar-refractivity contribution < 1.29 is 33.8 Å². The number of nitrogens with zero attached hydrogens (tertiary/aromatic N) is 3. The smallest absolute Gasteiger partial charge is 0.313 e. The van der Waals surface area contributed by atoms with Crippen molar-refractivity contribution in [2.45, 2.75) is 102 Å². The van der Waals surface area contributed by atoms with Gasteiger partial charge in [0.1, 0.15) is 17.7 Å². The first-order chi connectivity index (χ1) is 22.1. The quantitative estimate of drug-likeness (QED) is 0.202. The summed E-state index contributed by atoms with van der Waals surface area (Å²) in [7, 11) is 1.69. The van der Waals surface area contributed by atoms with Crippen LogP contribution in [-0.4, -0.2) is 100 Å². The Labute approximate surface area is 273 Å². The monoisotopic (exact) mass is 637 g/mol. The predicted octanol–water partition coefficient (Wildman–Crippen LogP) is 4.04. The molecule has 8 atom stereocenters. The molecule has 0 aliphatic carbocycles. The summed E-state index contributed by atoms with van der Waals surface area (Å²) >= 11 is 0. The van der Waals surface area contributed by atoms with E-state index in [-0.39, 0.29) is 43.3 Å². The van der Waals surface area contributed by atoms with E-state index < -0.39 is 47.7 Å². The minimum atomic E-state index is -1.17. The minimum absolute atomic E-state index is 0.0839. The van der Waals surface area contributed by atoms with Crippen LogP contribution in [0.1, 0.15) is 77.4 Å². The Hall–Kier alpha value is -3.50. The summed E-state index contributed by atoms with van der Waals surface area (Å²) in [4.78, 5) is 60.8. The number of aliphatic hydroxyl groups excluding tert-OH is 1. The van der Waals surface area contributed by atoms with Gasteiger partial charge in [-0.2, -0.15) is 0 Å². The molecule has 2 bridgehead atoms. The maximum atomic E-state index is 14.4. The molecule has 0 saturated carbocycles. The van der Waals surface area contributed by atoms with Crippen molar-refractivity contribution in [3.63, 3.8) is 0 Å². The number of amides is 3. The molecule has 46 heavy (non-hydrogen) atoms. The van der Waals surface area contributed by atoms with Crippen molar-refractivity contribution >= 4 is 23.7 Å². The summed E-state index contributed by atoms with van der Waals surface area (Å²) < 4.78 is 12.9. The summed E-state index contributed by atoms with van der Waals surface area (Å²) in [6.45, 7) is 13.8. The van der Waals surface area contributed by atoms with Gasteiger partial charge in [-0.15, -0.1) is 13.2 Å². The van der Waals surface area contributed by atoms with Crippen molar-refractivity contribution in [1.82, 2.24) is 14.7 Å². The molecule has 3 amide bonds. The number of esters is 1. The zero-order chi connectivity index (χ0) is 33.6. The van der Waals surface area contributed by atoms with E-state index in [1.54, 1.807) is 29.0 Å². The fraction of sp³-hybridized carbons (Fsp3) is 0.611. The first kappa shape index (κ1) is 35.4. The van der Waals surface area contributed by atoms with Crippen LogP contribution in [0.2, 0.25) is 0 Å². The van der Waals surface area contributed by atoms with E-state index in [1.165, 1.54) is 4.90 Å². The van der Waals surface area contributed by atoms with Gasteiger partial charge in [0, 0.05) is 39.2 Å². The molecule has 3 saturated heterocycles. The normalized spacial score (nSPS) is 26.6. The maximum Gasteiger partial charge on any atom is 0.313 e. The van der Waals surface area contributed by atoms with Gasteiger partial charge in [-0.05, 0) is 51.5 Å². The third kappa shape index (κ3) is 6.65. The molecule has 1 unspecified atom stereocenters. The average Bonchev–Trinajstić information content (AvgIpc) is 3.70. The zero-order valence-electron chi connectivity index (χ0n) is 27.8. The van der Waals surface area contributed by atoms with Gasteiger partial charge < -0.3 is 29.3 Å². The number of rotatable bonds is 17. The number of benzene rings is 1. The Morgan fingerprint density at radius 2 is 1.91 bits per heavy atom. The van der Waals surface area contributed by atoms with Gasteiger partial charge in [0.05, 0.1) is 24.0 Å². The van der Waals surface area contributed by atoms with Crippen LogP contribution in [-0.2, 0) is 28.7 Å². The average molecular weight is 638 g/mol. The summed E-state index contributed by atoms with van der Waals surface area (Å²) in [5, 5.41) is 9.67. The van der Waals surface area contributed by atoms with E-state index in [0.717, 1.165) is 18.4 Å². The first-order valence-corrected chi connectivity index (χ1v) is 16.7. The molecule has 10 heteroatoms. The molecule has 252 valence electrons. The van der Waals surface area contributed by atoms with Gasteiger partial charge in [-0.3, -0.25) is 19.2 Å². The summed E-state index contributed by atoms with van der Waals surface area (Å²) in [5.41, 5.74) is -0.444. The van der Waals surface area contributed by atoms with Gasteiger partial charge >= 0.3 is 5.97 Å². The number of carbonyl (C=O) groups is 4. The van der Waals surface area contributed by atoms with E-state index in [4.69, 9.17) is 9.47 Å². The molecular formula is C36H51N3O7. The molecule has 0 radical (unpaired) electrons. The summed E-state index contributed by atoms with van der Waals surface area (Å²) in [6, 6.07) is 7.77. The fourth-order valence-electron chi connectivity index (χ4n) is 7.66. The largest absolute Gasteiger partial charge is 0.455 e. The van der Waals surface area contributed by atoms with Crippen LogP contribution in [0.5, 0.6) is 0 Å².